The monoisotopic (exact) mass is 357 g/mol. The summed E-state index contributed by atoms with van der Waals surface area (Å²) in [4.78, 5) is 34.7. The largest absolute Gasteiger partial charge is 0.507 e. The van der Waals surface area contributed by atoms with E-state index in [4.69, 9.17) is 9.90 Å². The second-order valence-electron chi connectivity index (χ2n) is 5.63. The van der Waals surface area contributed by atoms with Crippen LogP contribution in [0, 0.1) is 10.1 Å². The van der Waals surface area contributed by atoms with Crippen molar-refractivity contribution >= 4 is 22.4 Å². The molecule has 7 nitrogen and oxygen atoms in total. The molecule has 0 radical (unpaired) electrons. The van der Waals surface area contributed by atoms with Crippen molar-refractivity contribution in [2.75, 3.05) is 0 Å². The van der Waals surface area contributed by atoms with Gasteiger partial charge in [0.1, 0.15) is 17.1 Å². The molecule has 0 bridgehead atoms. The Balaban J connectivity index is 2.42. The van der Waals surface area contributed by atoms with Gasteiger partial charge in [0.2, 0.25) is 0 Å². The van der Waals surface area contributed by atoms with E-state index in [9.17, 15) is 24.8 Å². The third-order valence-electron chi connectivity index (χ3n) is 3.82. The lowest BCUT2D eigenvalue weighted by atomic mass is 9.87. The Hall–Kier alpha value is -3.48. The van der Waals surface area contributed by atoms with E-state index in [-0.39, 0.29) is 11.0 Å². The highest BCUT2D eigenvalue weighted by molar-refractivity contribution is 5.85. The fourth-order valence-electron chi connectivity index (χ4n) is 2.67. The van der Waals surface area contributed by atoms with Crippen LogP contribution in [0.3, 0.4) is 0 Å². The molecular weight excluding hydrogens is 338 g/mol. The molecule has 1 aromatic heterocycles. The number of rotatable bonds is 5. The highest BCUT2D eigenvalue weighted by atomic mass is 16.6. The topological polar surface area (TPSA) is 111 Å². The van der Waals surface area contributed by atoms with Gasteiger partial charge in [-0.05, 0) is 24.6 Å². The maximum atomic E-state index is 12.7. The Labute approximate surface area is 153 Å². The standard InChI is InChI=1S/C19H15NO6/c1-11(21)10-15(12-6-8-13(9-7-12)20(24)25)17-18(22)14-4-2-3-5-16(14)26-19(17)23/h2-9,15,22H,10H2,1H3/i6D,7D,8D,9D. The summed E-state index contributed by atoms with van der Waals surface area (Å²) >= 11 is 0. The zero-order valence-electron chi connectivity index (χ0n) is 17.5. The van der Waals surface area contributed by atoms with Gasteiger partial charge >= 0.3 is 5.63 Å². The Morgan fingerprint density at radius 1 is 1.31 bits per heavy atom. The maximum Gasteiger partial charge on any atom is 0.343 e. The molecule has 1 N–H and O–H groups in total. The van der Waals surface area contributed by atoms with Gasteiger partial charge in [0.05, 0.1) is 21.4 Å². The number of nitro groups is 1. The number of Topliss-reactive ketones (excluding diaryl/α,β-unsaturated/α-hetero) is 1. The van der Waals surface area contributed by atoms with Crippen molar-refractivity contribution in [2.24, 2.45) is 0 Å². The van der Waals surface area contributed by atoms with Gasteiger partial charge in [-0.15, -0.1) is 0 Å². The molecule has 0 spiro atoms. The quantitative estimate of drug-likeness (QED) is 0.425. The molecule has 0 aliphatic carbocycles. The summed E-state index contributed by atoms with van der Waals surface area (Å²) in [6.45, 7) is 1.19. The van der Waals surface area contributed by atoms with Gasteiger partial charge in [-0.25, -0.2) is 4.79 Å². The first-order valence-electron chi connectivity index (χ1n) is 9.55. The van der Waals surface area contributed by atoms with E-state index in [2.05, 4.69) is 0 Å². The van der Waals surface area contributed by atoms with Crippen LogP contribution in [0.15, 0.2) is 57.6 Å². The maximum absolute atomic E-state index is 12.7. The highest BCUT2D eigenvalue weighted by Crippen LogP contribution is 2.36. The molecule has 0 fully saturated rings. The summed E-state index contributed by atoms with van der Waals surface area (Å²) in [6.07, 6.45) is -0.453. The lowest BCUT2D eigenvalue weighted by Crippen LogP contribution is -2.16. The predicted octanol–water partition coefficient (Wildman–Crippen LogP) is 3.52. The van der Waals surface area contributed by atoms with Gasteiger partial charge < -0.3 is 9.52 Å². The molecule has 0 aliphatic rings. The lowest BCUT2D eigenvalue weighted by Gasteiger charge is -2.17. The van der Waals surface area contributed by atoms with E-state index in [1.54, 1.807) is 12.1 Å². The first kappa shape index (κ1) is 12.8. The van der Waals surface area contributed by atoms with Crippen LogP contribution in [0.2, 0.25) is 0 Å². The van der Waals surface area contributed by atoms with Gasteiger partial charge in [0.25, 0.3) is 5.69 Å². The molecule has 132 valence electrons. The van der Waals surface area contributed by atoms with E-state index < -0.39 is 75.4 Å². The Bertz CT molecular complexity index is 1240. The number of benzene rings is 2. The number of carbonyl (C=O) groups excluding carboxylic acids is 1. The second-order valence-corrected chi connectivity index (χ2v) is 5.63. The first-order valence-corrected chi connectivity index (χ1v) is 7.55. The van der Waals surface area contributed by atoms with Crippen molar-refractivity contribution < 1.29 is 24.7 Å². The zero-order valence-corrected chi connectivity index (χ0v) is 13.5. The third kappa shape index (κ3) is 3.19. The molecule has 0 amide bonds. The van der Waals surface area contributed by atoms with Gasteiger partial charge in [-0.2, -0.15) is 0 Å². The minimum absolute atomic E-state index is 0.0774. The number of nitro benzene ring substituents is 1. The SMILES string of the molecule is [2H]c1c([2H])c([N+](=O)[O-])c([2H])c([2H])c1C(CC(C)=O)c1c(O)c2ccccc2oc1=O. The molecular formula is C19H15NO6. The molecule has 7 heteroatoms. The fourth-order valence-corrected chi connectivity index (χ4v) is 2.67. The molecule has 3 aromatic rings. The normalized spacial score (nSPS) is 14.2. The molecule has 0 saturated carbocycles. The van der Waals surface area contributed by atoms with Crippen LogP contribution in [-0.2, 0) is 4.79 Å². The van der Waals surface area contributed by atoms with E-state index in [0.717, 1.165) is 0 Å². The number of para-hydroxylation sites is 1. The smallest absolute Gasteiger partial charge is 0.343 e. The summed E-state index contributed by atoms with van der Waals surface area (Å²) in [5.41, 5.74) is -2.80. The summed E-state index contributed by atoms with van der Waals surface area (Å²) in [6, 6.07) is 2.67. The van der Waals surface area contributed by atoms with E-state index >= 15 is 0 Å². The minimum Gasteiger partial charge on any atom is -0.507 e. The number of ketones is 1. The summed E-state index contributed by atoms with van der Waals surface area (Å²) in [5.74, 6) is -2.40. The van der Waals surface area contributed by atoms with Crippen molar-refractivity contribution in [1.82, 2.24) is 0 Å². The van der Waals surface area contributed by atoms with Crippen LogP contribution in [-0.4, -0.2) is 15.8 Å². The average molecular weight is 357 g/mol. The Morgan fingerprint density at radius 2 is 1.96 bits per heavy atom. The van der Waals surface area contributed by atoms with Crippen LogP contribution in [0.25, 0.3) is 11.0 Å². The van der Waals surface area contributed by atoms with Crippen molar-refractivity contribution in [3.8, 4) is 5.75 Å². The van der Waals surface area contributed by atoms with Gasteiger partial charge in [0.15, 0.2) is 0 Å². The Kier molecular flexibility index (Phi) is 3.35. The number of aromatic hydroxyl groups is 1. The average Bonchev–Trinajstić information content (AvgIpc) is 2.66. The number of carbonyl (C=O) groups is 1. The van der Waals surface area contributed by atoms with E-state index in [1.807, 2.05) is 0 Å². The lowest BCUT2D eigenvalue weighted by molar-refractivity contribution is -0.384. The van der Waals surface area contributed by atoms with Crippen LogP contribution in [0.4, 0.5) is 5.69 Å². The van der Waals surface area contributed by atoms with Crippen LogP contribution in [0.1, 0.15) is 35.9 Å². The summed E-state index contributed by atoms with van der Waals surface area (Å²) in [5, 5.41) is 22.1. The molecule has 26 heavy (non-hydrogen) atoms. The molecule has 1 heterocycles. The van der Waals surface area contributed by atoms with Gasteiger partial charge in [-0.3, -0.25) is 14.9 Å². The van der Waals surface area contributed by atoms with Gasteiger partial charge in [0, 0.05) is 24.4 Å². The molecule has 0 saturated heterocycles. The van der Waals surface area contributed by atoms with Crippen molar-refractivity contribution in [3.05, 3.63) is 80.1 Å². The van der Waals surface area contributed by atoms with E-state index in [1.165, 1.54) is 19.1 Å². The number of nitrogens with zero attached hydrogens (tertiary/aromatic N) is 1. The van der Waals surface area contributed by atoms with Crippen LogP contribution < -0.4 is 5.63 Å². The second kappa shape index (κ2) is 6.79. The first-order chi connectivity index (χ1) is 14.1. The van der Waals surface area contributed by atoms with E-state index in [0.29, 0.717) is 0 Å². The molecule has 2 aromatic carbocycles. The minimum atomic E-state index is -1.41. The molecule has 1 atom stereocenters. The number of fused-ring (bicyclic) bond motifs is 1. The predicted molar refractivity (Wildman–Crippen MR) is 94.4 cm³/mol. The van der Waals surface area contributed by atoms with Crippen molar-refractivity contribution in [1.29, 1.82) is 0 Å². The Morgan fingerprint density at radius 3 is 2.58 bits per heavy atom. The molecule has 1 unspecified atom stereocenters. The zero-order chi connectivity index (χ0) is 22.3. The summed E-state index contributed by atoms with van der Waals surface area (Å²) < 4.78 is 37.4. The molecule has 3 rings (SSSR count). The van der Waals surface area contributed by atoms with Crippen LogP contribution in [0.5, 0.6) is 5.75 Å². The molecule has 0 aliphatic heterocycles. The third-order valence-corrected chi connectivity index (χ3v) is 3.82. The van der Waals surface area contributed by atoms with Gasteiger partial charge in [-0.1, -0.05) is 24.2 Å². The fraction of sp³-hybridized carbons (Fsp3) is 0.158. The number of hydrogen-bond acceptors (Lipinski definition) is 6. The summed E-state index contributed by atoms with van der Waals surface area (Å²) in [7, 11) is 0. The number of hydrogen-bond donors (Lipinski definition) is 1. The highest BCUT2D eigenvalue weighted by Gasteiger charge is 2.26. The van der Waals surface area contributed by atoms with Crippen molar-refractivity contribution in [3.63, 3.8) is 0 Å². The van der Waals surface area contributed by atoms with Crippen molar-refractivity contribution in [2.45, 2.75) is 19.3 Å². The van der Waals surface area contributed by atoms with Crippen LogP contribution >= 0.6 is 0 Å².